The Labute approximate surface area is 176 Å². The van der Waals surface area contributed by atoms with Crippen LogP contribution in [-0.4, -0.2) is 25.7 Å². The molecule has 148 valence electrons. The Hall–Kier alpha value is -3.29. The summed E-state index contributed by atoms with van der Waals surface area (Å²) in [6.07, 6.45) is 2.63. The number of hydrogen-bond donors (Lipinski definition) is 1. The largest absolute Gasteiger partial charge is 0.326 e. The van der Waals surface area contributed by atoms with Crippen LogP contribution in [0.1, 0.15) is 16.0 Å². The predicted octanol–water partition coefficient (Wildman–Crippen LogP) is 2.24. The number of quaternary nitrogens is 1. The van der Waals surface area contributed by atoms with Crippen molar-refractivity contribution in [2.45, 2.75) is 19.5 Å². The molecule has 1 N–H and O–H groups in total. The van der Waals surface area contributed by atoms with E-state index in [0.29, 0.717) is 5.78 Å². The fraction of sp³-hybridized carbons (Fsp3) is 0.174. The lowest BCUT2D eigenvalue weighted by Crippen LogP contribution is -3.10. The first kappa shape index (κ1) is 17.6. The highest BCUT2D eigenvalue weighted by molar-refractivity contribution is 7.18. The van der Waals surface area contributed by atoms with E-state index < -0.39 is 0 Å². The fourth-order valence-electron chi connectivity index (χ4n) is 4.48. The molecular weight excluding hydrogens is 394 g/mol. The van der Waals surface area contributed by atoms with Crippen LogP contribution in [0.3, 0.4) is 0 Å². The minimum Gasteiger partial charge on any atom is -0.326 e. The summed E-state index contributed by atoms with van der Waals surface area (Å²) in [6.45, 7) is 2.97. The Morgan fingerprint density at radius 3 is 2.60 bits per heavy atom. The van der Waals surface area contributed by atoms with Gasteiger partial charge in [0.15, 0.2) is 0 Å². The second-order valence-corrected chi connectivity index (χ2v) is 8.83. The van der Waals surface area contributed by atoms with Gasteiger partial charge < -0.3 is 4.90 Å². The number of nitrogens with one attached hydrogen (secondary N) is 1. The van der Waals surface area contributed by atoms with E-state index in [2.05, 4.69) is 40.5 Å². The van der Waals surface area contributed by atoms with E-state index >= 15 is 0 Å². The summed E-state index contributed by atoms with van der Waals surface area (Å²) in [5, 5.41) is 9.19. The van der Waals surface area contributed by atoms with Gasteiger partial charge in [0.2, 0.25) is 5.78 Å². The minimum absolute atomic E-state index is 0.000657. The van der Waals surface area contributed by atoms with Gasteiger partial charge in [0.1, 0.15) is 24.2 Å². The normalized spacial score (nSPS) is 16.2. The van der Waals surface area contributed by atoms with Crippen LogP contribution in [0.25, 0.3) is 21.7 Å². The van der Waals surface area contributed by atoms with Crippen molar-refractivity contribution in [3.05, 3.63) is 93.3 Å². The minimum atomic E-state index is 0.000657. The van der Waals surface area contributed by atoms with Crippen LogP contribution in [0.5, 0.6) is 0 Å². The van der Waals surface area contributed by atoms with E-state index in [4.69, 9.17) is 0 Å². The number of thiophene rings is 1. The van der Waals surface area contributed by atoms with Crippen molar-refractivity contribution in [1.29, 1.82) is 0 Å². The van der Waals surface area contributed by atoms with Crippen LogP contribution in [-0.2, 0) is 19.5 Å². The molecule has 0 fully saturated rings. The third kappa shape index (κ3) is 2.70. The average Bonchev–Trinajstić information content (AvgIpc) is 3.40. The second kappa shape index (κ2) is 6.90. The lowest BCUT2D eigenvalue weighted by molar-refractivity contribution is -0.929. The number of rotatable bonds is 3. The molecule has 1 aliphatic heterocycles. The topological polar surface area (TPSA) is 56.6 Å². The quantitative estimate of drug-likeness (QED) is 0.493. The molecule has 0 radical (unpaired) electrons. The second-order valence-electron chi connectivity index (χ2n) is 7.75. The molecule has 0 spiro atoms. The van der Waals surface area contributed by atoms with E-state index in [9.17, 15) is 4.79 Å². The van der Waals surface area contributed by atoms with Gasteiger partial charge in [-0.3, -0.25) is 9.20 Å². The van der Waals surface area contributed by atoms with Gasteiger partial charge in [0.05, 0.1) is 22.5 Å². The van der Waals surface area contributed by atoms with Gasteiger partial charge in [-0.05, 0) is 17.7 Å². The zero-order valence-electron chi connectivity index (χ0n) is 16.3. The average molecular weight is 415 g/mol. The van der Waals surface area contributed by atoms with Gasteiger partial charge >= 0.3 is 0 Å². The Morgan fingerprint density at radius 2 is 1.80 bits per heavy atom. The zero-order chi connectivity index (χ0) is 20.1. The van der Waals surface area contributed by atoms with Gasteiger partial charge in [-0.2, -0.15) is 0 Å². The van der Waals surface area contributed by atoms with Crippen molar-refractivity contribution in [3.8, 4) is 5.69 Å². The zero-order valence-corrected chi connectivity index (χ0v) is 17.1. The van der Waals surface area contributed by atoms with Gasteiger partial charge in [-0.15, -0.1) is 21.5 Å². The lowest BCUT2D eigenvalue weighted by Gasteiger charge is -2.23. The van der Waals surface area contributed by atoms with Crippen LogP contribution in [0.2, 0.25) is 0 Å². The summed E-state index contributed by atoms with van der Waals surface area (Å²) >= 11 is 1.72. The van der Waals surface area contributed by atoms with Crippen molar-refractivity contribution in [2.24, 2.45) is 0 Å². The van der Waals surface area contributed by atoms with Crippen molar-refractivity contribution in [1.82, 2.24) is 19.2 Å². The maximum atomic E-state index is 13.6. The molecule has 0 bridgehead atoms. The highest BCUT2D eigenvalue weighted by Crippen LogP contribution is 2.31. The third-order valence-corrected chi connectivity index (χ3v) is 7.12. The molecule has 7 heteroatoms. The Balaban J connectivity index is 1.50. The molecule has 0 aliphatic carbocycles. The summed E-state index contributed by atoms with van der Waals surface area (Å²) in [7, 11) is 0. The first-order valence-electron chi connectivity index (χ1n) is 10.1. The maximum Gasteiger partial charge on any atom is 0.268 e. The molecule has 3 aromatic heterocycles. The molecule has 5 aromatic rings. The number of fused-ring (bicyclic) bond motifs is 5. The van der Waals surface area contributed by atoms with Crippen LogP contribution in [0, 0.1) is 0 Å². The molecule has 6 rings (SSSR count). The van der Waals surface area contributed by atoms with E-state index in [-0.39, 0.29) is 5.56 Å². The molecule has 4 heterocycles. The molecule has 1 atom stereocenters. The molecule has 0 amide bonds. The fourth-order valence-corrected chi connectivity index (χ4v) is 5.86. The molecule has 0 saturated heterocycles. The van der Waals surface area contributed by atoms with E-state index in [1.807, 2.05) is 34.7 Å². The predicted molar refractivity (Wildman–Crippen MR) is 117 cm³/mol. The summed E-state index contributed by atoms with van der Waals surface area (Å²) in [5.41, 5.74) is 3.37. The Morgan fingerprint density at radius 1 is 1.03 bits per heavy atom. The molecule has 1 aliphatic rings. The molecule has 2 aromatic carbocycles. The number of para-hydroxylation sites is 1. The summed E-state index contributed by atoms with van der Waals surface area (Å²) in [5.74, 6) is 0.561. The van der Waals surface area contributed by atoms with E-state index in [1.165, 1.54) is 20.9 Å². The molecule has 0 saturated carbocycles. The Kier molecular flexibility index (Phi) is 4.04. The van der Waals surface area contributed by atoms with Gasteiger partial charge in [-0.25, -0.2) is 4.57 Å². The lowest BCUT2D eigenvalue weighted by atomic mass is 10.0. The number of aromatic nitrogens is 4. The van der Waals surface area contributed by atoms with E-state index in [1.54, 1.807) is 22.2 Å². The number of benzene rings is 2. The van der Waals surface area contributed by atoms with Crippen LogP contribution in [0.4, 0.5) is 0 Å². The van der Waals surface area contributed by atoms with Crippen LogP contribution < -0.4 is 10.5 Å². The molecule has 30 heavy (non-hydrogen) atoms. The van der Waals surface area contributed by atoms with Gasteiger partial charge in [0, 0.05) is 12.0 Å². The highest BCUT2D eigenvalue weighted by Gasteiger charge is 2.28. The van der Waals surface area contributed by atoms with Crippen molar-refractivity contribution < 1.29 is 4.90 Å². The summed E-state index contributed by atoms with van der Waals surface area (Å²) < 4.78 is 3.65. The first-order chi connectivity index (χ1) is 14.8. The number of nitrogens with zero attached hydrogens (tertiary/aromatic N) is 4. The standard InChI is InChI=1S/C23H19N5OS/c29-21-20-18-11-12-26(13-16-7-3-1-4-8-16)14-19(18)30-22(20)27-15-24-25-23(27)28(21)17-9-5-2-6-10-17/h1-10,15H,11-14H2/p+1. The van der Waals surface area contributed by atoms with Gasteiger partial charge in [0.25, 0.3) is 5.56 Å². The molecular formula is C23H20N5OS+. The Bertz CT molecular complexity index is 1420. The SMILES string of the molecule is O=c1c2c3c(sc2n2cnnc2n1-c1ccccc1)C[NH+](Cc1ccccc1)CC3. The van der Waals surface area contributed by atoms with Crippen molar-refractivity contribution >= 4 is 27.3 Å². The smallest absolute Gasteiger partial charge is 0.268 e. The monoisotopic (exact) mass is 414 g/mol. The van der Waals surface area contributed by atoms with Gasteiger partial charge in [-0.1, -0.05) is 48.5 Å². The van der Waals surface area contributed by atoms with Crippen LogP contribution >= 0.6 is 11.3 Å². The number of hydrogen-bond acceptors (Lipinski definition) is 4. The molecule has 6 nitrogen and oxygen atoms in total. The maximum absolute atomic E-state index is 13.6. The first-order valence-corrected chi connectivity index (χ1v) is 10.9. The third-order valence-electron chi connectivity index (χ3n) is 5.89. The highest BCUT2D eigenvalue weighted by atomic mass is 32.1. The van der Waals surface area contributed by atoms with Crippen LogP contribution in [0.15, 0.2) is 71.8 Å². The summed E-state index contributed by atoms with van der Waals surface area (Å²) in [4.78, 5) is 17.4. The summed E-state index contributed by atoms with van der Waals surface area (Å²) in [6, 6.07) is 20.3. The van der Waals surface area contributed by atoms with Crippen molar-refractivity contribution in [2.75, 3.05) is 6.54 Å². The van der Waals surface area contributed by atoms with Crippen molar-refractivity contribution in [3.63, 3.8) is 0 Å². The van der Waals surface area contributed by atoms with E-state index in [0.717, 1.165) is 42.0 Å². The molecule has 1 unspecified atom stereocenters.